The zero-order valence-corrected chi connectivity index (χ0v) is 10.7. The van der Waals surface area contributed by atoms with E-state index in [1.807, 2.05) is 36.4 Å². The molecule has 1 saturated carbocycles. The molecule has 0 radical (unpaired) electrons. The van der Waals surface area contributed by atoms with Crippen molar-refractivity contribution in [3.05, 3.63) is 42.0 Å². The number of benzene rings is 1. The van der Waals surface area contributed by atoms with E-state index in [-0.39, 0.29) is 5.91 Å². The second kappa shape index (κ2) is 4.46. The number of carbonyl (C=O) groups is 1. The molecular weight excluding hydrogens is 244 g/mol. The smallest absolute Gasteiger partial charge is 0.254 e. The third-order valence-electron chi connectivity index (χ3n) is 2.98. The molecule has 0 saturated heterocycles. The summed E-state index contributed by atoms with van der Waals surface area (Å²) in [5, 5.41) is 3.55. The second-order valence-electron chi connectivity index (χ2n) is 4.50. The van der Waals surface area contributed by atoms with E-state index in [9.17, 15) is 4.79 Å². The number of nitrogen functional groups attached to an aromatic ring is 1. The molecule has 0 aliphatic heterocycles. The molecule has 18 heavy (non-hydrogen) atoms. The standard InChI is InChI=1S/C14H14N2OS/c15-13-11(14(17)16-10-6-7-10)8-12(18-13)9-4-2-1-3-5-9/h1-5,8,10H,6-7,15H2,(H,16,17). The lowest BCUT2D eigenvalue weighted by Gasteiger charge is -2.00. The van der Waals surface area contributed by atoms with Crippen LogP contribution in [-0.4, -0.2) is 11.9 Å². The minimum atomic E-state index is -0.0477. The average molecular weight is 258 g/mol. The second-order valence-corrected chi connectivity index (χ2v) is 5.59. The molecule has 1 amide bonds. The quantitative estimate of drug-likeness (QED) is 0.889. The van der Waals surface area contributed by atoms with E-state index in [1.54, 1.807) is 0 Å². The number of nitrogens with two attached hydrogens (primary N) is 1. The predicted molar refractivity (Wildman–Crippen MR) is 74.7 cm³/mol. The lowest BCUT2D eigenvalue weighted by Crippen LogP contribution is -2.25. The van der Waals surface area contributed by atoms with Crippen LogP contribution >= 0.6 is 11.3 Å². The molecule has 2 aromatic rings. The van der Waals surface area contributed by atoms with Crippen LogP contribution in [0.15, 0.2) is 36.4 Å². The third-order valence-corrected chi connectivity index (χ3v) is 3.99. The van der Waals surface area contributed by atoms with E-state index in [2.05, 4.69) is 5.32 Å². The van der Waals surface area contributed by atoms with Crippen LogP contribution in [0, 0.1) is 0 Å². The summed E-state index contributed by atoms with van der Waals surface area (Å²) < 4.78 is 0. The molecule has 1 aliphatic rings. The maximum atomic E-state index is 12.0. The summed E-state index contributed by atoms with van der Waals surface area (Å²) >= 11 is 1.46. The van der Waals surface area contributed by atoms with Crippen molar-refractivity contribution in [3.8, 4) is 10.4 Å². The predicted octanol–water partition coefficient (Wildman–Crippen LogP) is 2.89. The Morgan fingerprint density at radius 1 is 1.28 bits per heavy atom. The van der Waals surface area contributed by atoms with Crippen molar-refractivity contribution in [2.75, 3.05) is 5.73 Å². The zero-order chi connectivity index (χ0) is 12.5. The van der Waals surface area contributed by atoms with E-state index in [4.69, 9.17) is 5.73 Å². The Kier molecular flexibility index (Phi) is 2.80. The van der Waals surface area contributed by atoms with Gasteiger partial charge in [0.05, 0.1) is 10.6 Å². The number of nitrogens with one attached hydrogen (secondary N) is 1. The summed E-state index contributed by atoms with van der Waals surface area (Å²) in [4.78, 5) is 13.0. The van der Waals surface area contributed by atoms with Gasteiger partial charge in [0.25, 0.3) is 5.91 Å². The summed E-state index contributed by atoms with van der Waals surface area (Å²) in [6, 6.07) is 12.2. The van der Waals surface area contributed by atoms with E-state index in [0.717, 1.165) is 23.3 Å². The Bertz CT molecular complexity index is 573. The molecule has 4 heteroatoms. The molecule has 1 aromatic carbocycles. The Morgan fingerprint density at radius 3 is 2.67 bits per heavy atom. The molecule has 1 aromatic heterocycles. The summed E-state index contributed by atoms with van der Waals surface area (Å²) in [5.41, 5.74) is 7.63. The molecule has 3 N–H and O–H groups in total. The molecule has 92 valence electrons. The van der Waals surface area contributed by atoms with Crippen molar-refractivity contribution in [3.63, 3.8) is 0 Å². The van der Waals surface area contributed by atoms with Gasteiger partial charge >= 0.3 is 0 Å². The van der Waals surface area contributed by atoms with Gasteiger partial charge in [-0.25, -0.2) is 0 Å². The van der Waals surface area contributed by atoms with Gasteiger partial charge in [-0.15, -0.1) is 11.3 Å². The van der Waals surface area contributed by atoms with Crippen molar-refractivity contribution < 1.29 is 4.79 Å². The monoisotopic (exact) mass is 258 g/mol. The SMILES string of the molecule is Nc1sc(-c2ccccc2)cc1C(=O)NC1CC1. The number of rotatable bonds is 3. The summed E-state index contributed by atoms with van der Waals surface area (Å²) in [5.74, 6) is -0.0477. The van der Waals surface area contributed by atoms with Crippen molar-refractivity contribution in [1.29, 1.82) is 0 Å². The summed E-state index contributed by atoms with van der Waals surface area (Å²) in [6.45, 7) is 0. The summed E-state index contributed by atoms with van der Waals surface area (Å²) in [7, 11) is 0. The van der Waals surface area contributed by atoms with Crippen molar-refractivity contribution in [1.82, 2.24) is 5.32 Å². The van der Waals surface area contributed by atoms with Crippen LogP contribution in [0.1, 0.15) is 23.2 Å². The maximum Gasteiger partial charge on any atom is 0.254 e. The van der Waals surface area contributed by atoms with E-state index >= 15 is 0 Å². The lowest BCUT2D eigenvalue weighted by molar-refractivity contribution is 0.0952. The number of anilines is 1. The van der Waals surface area contributed by atoms with Crippen molar-refractivity contribution in [2.24, 2.45) is 0 Å². The number of amides is 1. The van der Waals surface area contributed by atoms with Crippen LogP contribution < -0.4 is 11.1 Å². The normalized spacial score (nSPS) is 14.4. The number of carbonyl (C=O) groups excluding carboxylic acids is 1. The molecule has 0 unspecified atom stereocenters. The van der Waals surface area contributed by atoms with E-state index in [1.165, 1.54) is 11.3 Å². The Balaban J connectivity index is 1.88. The maximum absolute atomic E-state index is 12.0. The minimum absolute atomic E-state index is 0.0477. The van der Waals surface area contributed by atoms with Gasteiger partial charge < -0.3 is 11.1 Å². The first-order valence-corrected chi connectivity index (χ1v) is 6.81. The fraction of sp³-hybridized carbons (Fsp3) is 0.214. The number of hydrogen-bond acceptors (Lipinski definition) is 3. The van der Waals surface area contributed by atoms with Crippen LogP contribution in [0.25, 0.3) is 10.4 Å². The molecule has 3 rings (SSSR count). The largest absolute Gasteiger partial charge is 0.390 e. The topological polar surface area (TPSA) is 55.1 Å². The third kappa shape index (κ3) is 2.24. The fourth-order valence-corrected chi connectivity index (χ4v) is 2.75. The highest BCUT2D eigenvalue weighted by Crippen LogP contribution is 2.33. The minimum Gasteiger partial charge on any atom is -0.390 e. The molecule has 1 aliphatic carbocycles. The molecule has 1 heterocycles. The van der Waals surface area contributed by atoms with Crippen LogP contribution in [0.3, 0.4) is 0 Å². The highest BCUT2D eigenvalue weighted by molar-refractivity contribution is 7.19. The Hall–Kier alpha value is -1.81. The molecule has 0 atom stereocenters. The van der Waals surface area contributed by atoms with E-state index in [0.29, 0.717) is 16.6 Å². The van der Waals surface area contributed by atoms with E-state index < -0.39 is 0 Å². The van der Waals surface area contributed by atoms with Crippen LogP contribution in [-0.2, 0) is 0 Å². The zero-order valence-electron chi connectivity index (χ0n) is 9.85. The Labute approximate surface area is 110 Å². The first kappa shape index (κ1) is 11.3. The van der Waals surface area contributed by atoms with Gasteiger partial charge in [-0.1, -0.05) is 30.3 Å². The molecule has 3 nitrogen and oxygen atoms in total. The van der Waals surface area contributed by atoms with Gasteiger partial charge in [0, 0.05) is 10.9 Å². The van der Waals surface area contributed by atoms with Crippen molar-refractivity contribution >= 4 is 22.2 Å². The van der Waals surface area contributed by atoms with Crippen molar-refractivity contribution in [2.45, 2.75) is 18.9 Å². The van der Waals surface area contributed by atoms with Crippen LogP contribution in [0.5, 0.6) is 0 Å². The van der Waals surface area contributed by atoms with Gasteiger partial charge in [0.15, 0.2) is 0 Å². The van der Waals surface area contributed by atoms with Gasteiger partial charge in [0.1, 0.15) is 0 Å². The molecule has 1 fully saturated rings. The van der Waals surface area contributed by atoms with Crippen LogP contribution in [0.4, 0.5) is 5.00 Å². The lowest BCUT2D eigenvalue weighted by atomic mass is 10.1. The highest BCUT2D eigenvalue weighted by Gasteiger charge is 2.25. The fourth-order valence-electron chi connectivity index (χ4n) is 1.82. The average Bonchev–Trinajstić information content (AvgIpc) is 3.10. The van der Waals surface area contributed by atoms with Crippen LogP contribution in [0.2, 0.25) is 0 Å². The molecule has 0 bridgehead atoms. The molecule has 0 spiro atoms. The first-order valence-electron chi connectivity index (χ1n) is 5.99. The molecular formula is C14H14N2OS. The highest BCUT2D eigenvalue weighted by atomic mass is 32.1. The summed E-state index contributed by atoms with van der Waals surface area (Å²) in [6.07, 6.45) is 2.17. The van der Waals surface area contributed by atoms with Gasteiger partial charge in [-0.2, -0.15) is 0 Å². The number of thiophene rings is 1. The van der Waals surface area contributed by atoms with Gasteiger partial charge in [-0.3, -0.25) is 4.79 Å². The number of hydrogen-bond donors (Lipinski definition) is 2. The van der Waals surface area contributed by atoms with Gasteiger partial charge in [0.2, 0.25) is 0 Å². The first-order chi connectivity index (χ1) is 8.74. The van der Waals surface area contributed by atoms with Gasteiger partial charge in [-0.05, 0) is 24.5 Å². The Morgan fingerprint density at radius 2 is 2.00 bits per heavy atom.